The second kappa shape index (κ2) is 7.11. The Kier molecular flexibility index (Phi) is 5.16. The molecule has 3 heterocycles. The summed E-state index contributed by atoms with van der Waals surface area (Å²) in [6.45, 7) is 8.11. The Balaban J connectivity index is 1.49. The SMILES string of the molecule is Cc1ncc(CN2CCC(N3CCCC(CO)C3)CC2)n1C. The number of rotatable bonds is 4. The summed E-state index contributed by atoms with van der Waals surface area (Å²) in [5.74, 6) is 1.59. The molecule has 124 valence electrons. The van der Waals surface area contributed by atoms with Crippen molar-refractivity contribution in [2.24, 2.45) is 13.0 Å². The Morgan fingerprint density at radius 3 is 2.64 bits per heavy atom. The summed E-state index contributed by atoms with van der Waals surface area (Å²) < 4.78 is 2.20. The molecule has 22 heavy (non-hydrogen) atoms. The van der Waals surface area contributed by atoms with Crippen molar-refractivity contribution in [1.29, 1.82) is 0 Å². The molecule has 5 heteroatoms. The maximum Gasteiger partial charge on any atom is 0.105 e. The van der Waals surface area contributed by atoms with E-state index in [-0.39, 0.29) is 0 Å². The molecular weight excluding hydrogens is 276 g/mol. The lowest BCUT2D eigenvalue weighted by Gasteiger charge is -2.42. The third-order valence-electron chi connectivity index (χ3n) is 5.58. The normalized spacial score (nSPS) is 25.7. The van der Waals surface area contributed by atoms with Crippen molar-refractivity contribution in [2.75, 3.05) is 32.8 Å². The van der Waals surface area contributed by atoms with Crippen molar-refractivity contribution < 1.29 is 5.11 Å². The van der Waals surface area contributed by atoms with Gasteiger partial charge in [0.05, 0.1) is 5.69 Å². The largest absolute Gasteiger partial charge is 0.396 e. The van der Waals surface area contributed by atoms with E-state index >= 15 is 0 Å². The molecule has 2 saturated heterocycles. The Bertz CT molecular complexity index is 479. The highest BCUT2D eigenvalue weighted by Crippen LogP contribution is 2.24. The Morgan fingerprint density at radius 2 is 2.00 bits per heavy atom. The minimum atomic E-state index is 0.356. The zero-order valence-electron chi connectivity index (χ0n) is 14.0. The highest BCUT2D eigenvalue weighted by atomic mass is 16.3. The number of hydrogen-bond acceptors (Lipinski definition) is 4. The molecule has 1 aromatic heterocycles. The Morgan fingerprint density at radius 1 is 1.23 bits per heavy atom. The summed E-state index contributed by atoms with van der Waals surface area (Å²) in [5.41, 5.74) is 1.31. The Hall–Kier alpha value is -0.910. The van der Waals surface area contributed by atoms with Gasteiger partial charge in [-0.05, 0) is 45.1 Å². The number of imidazole rings is 1. The summed E-state index contributed by atoms with van der Waals surface area (Å²) >= 11 is 0. The van der Waals surface area contributed by atoms with Crippen molar-refractivity contribution >= 4 is 0 Å². The number of aryl methyl sites for hydroxylation is 1. The number of piperidine rings is 2. The van der Waals surface area contributed by atoms with Crippen LogP contribution in [-0.4, -0.2) is 63.3 Å². The molecule has 3 rings (SSSR count). The first-order valence-electron chi connectivity index (χ1n) is 8.72. The number of nitrogens with zero attached hydrogens (tertiary/aromatic N) is 4. The van der Waals surface area contributed by atoms with Gasteiger partial charge in [-0.2, -0.15) is 0 Å². The van der Waals surface area contributed by atoms with E-state index in [9.17, 15) is 5.11 Å². The van der Waals surface area contributed by atoms with E-state index in [1.54, 1.807) is 0 Å². The van der Waals surface area contributed by atoms with Crippen molar-refractivity contribution in [3.05, 3.63) is 17.7 Å². The van der Waals surface area contributed by atoms with Crippen LogP contribution < -0.4 is 0 Å². The molecule has 0 amide bonds. The zero-order valence-corrected chi connectivity index (χ0v) is 14.0. The van der Waals surface area contributed by atoms with Gasteiger partial charge in [-0.15, -0.1) is 0 Å². The molecule has 0 radical (unpaired) electrons. The molecule has 0 saturated carbocycles. The van der Waals surface area contributed by atoms with Crippen LogP contribution in [0.3, 0.4) is 0 Å². The van der Waals surface area contributed by atoms with E-state index in [0.717, 1.165) is 25.0 Å². The predicted molar refractivity (Wildman–Crippen MR) is 87.6 cm³/mol. The smallest absolute Gasteiger partial charge is 0.105 e. The van der Waals surface area contributed by atoms with Crippen molar-refractivity contribution in [2.45, 2.75) is 45.2 Å². The molecule has 1 unspecified atom stereocenters. The molecular formula is C17H30N4O. The summed E-state index contributed by atoms with van der Waals surface area (Å²) in [4.78, 5) is 9.58. The second-order valence-electron chi connectivity index (χ2n) is 7.05. The lowest BCUT2D eigenvalue weighted by atomic mass is 9.94. The van der Waals surface area contributed by atoms with Gasteiger partial charge in [-0.1, -0.05) is 0 Å². The van der Waals surface area contributed by atoms with E-state index in [0.29, 0.717) is 12.5 Å². The zero-order chi connectivity index (χ0) is 15.5. The van der Waals surface area contributed by atoms with Crippen LogP contribution in [0.2, 0.25) is 0 Å². The molecule has 0 bridgehead atoms. The van der Waals surface area contributed by atoms with Gasteiger partial charge in [0, 0.05) is 52.1 Å². The Labute approximate surface area is 133 Å². The van der Waals surface area contributed by atoms with Gasteiger partial charge in [-0.25, -0.2) is 4.98 Å². The van der Waals surface area contributed by atoms with Gasteiger partial charge in [0.2, 0.25) is 0 Å². The maximum atomic E-state index is 9.40. The van der Waals surface area contributed by atoms with E-state index in [1.165, 1.54) is 51.0 Å². The fraction of sp³-hybridized carbons (Fsp3) is 0.824. The van der Waals surface area contributed by atoms with Crippen LogP contribution in [-0.2, 0) is 13.6 Å². The quantitative estimate of drug-likeness (QED) is 0.913. The number of aliphatic hydroxyl groups excluding tert-OH is 1. The van der Waals surface area contributed by atoms with Crippen LogP contribution in [0, 0.1) is 12.8 Å². The number of hydrogen-bond donors (Lipinski definition) is 1. The van der Waals surface area contributed by atoms with Crippen LogP contribution in [0.1, 0.15) is 37.2 Å². The molecule has 2 aliphatic heterocycles. The van der Waals surface area contributed by atoms with Crippen LogP contribution >= 0.6 is 0 Å². The number of aliphatic hydroxyl groups is 1. The standard InChI is InChI=1S/C17H30N4O/c1-14-18-10-17(19(14)2)12-20-8-5-16(6-9-20)21-7-3-4-15(11-21)13-22/h10,15-16,22H,3-9,11-13H2,1-2H3. The van der Waals surface area contributed by atoms with E-state index in [1.807, 2.05) is 6.20 Å². The molecule has 0 aliphatic carbocycles. The van der Waals surface area contributed by atoms with E-state index < -0.39 is 0 Å². The van der Waals surface area contributed by atoms with Gasteiger partial charge >= 0.3 is 0 Å². The first-order valence-corrected chi connectivity index (χ1v) is 8.72. The highest BCUT2D eigenvalue weighted by molar-refractivity contribution is 5.03. The fourth-order valence-corrected chi connectivity index (χ4v) is 3.95. The molecule has 0 spiro atoms. The van der Waals surface area contributed by atoms with Gasteiger partial charge in [-0.3, -0.25) is 9.80 Å². The van der Waals surface area contributed by atoms with E-state index in [4.69, 9.17) is 0 Å². The third-order valence-corrected chi connectivity index (χ3v) is 5.58. The molecule has 1 aromatic rings. The molecule has 1 atom stereocenters. The monoisotopic (exact) mass is 306 g/mol. The van der Waals surface area contributed by atoms with Crippen LogP contribution in [0.4, 0.5) is 0 Å². The summed E-state index contributed by atoms with van der Waals surface area (Å²) in [5, 5.41) is 9.40. The first kappa shape index (κ1) is 16.0. The second-order valence-corrected chi connectivity index (χ2v) is 7.05. The van der Waals surface area contributed by atoms with Gasteiger partial charge < -0.3 is 9.67 Å². The number of aromatic nitrogens is 2. The average Bonchev–Trinajstić information content (AvgIpc) is 2.88. The van der Waals surface area contributed by atoms with Crippen LogP contribution in [0.15, 0.2) is 6.20 Å². The minimum absolute atomic E-state index is 0.356. The molecule has 2 aliphatic rings. The molecule has 1 N–H and O–H groups in total. The van der Waals surface area contributed by atoms with E-state index in [2.05, 4.69) is 33.3 Å². The predicted octanol–water partition coefficient (Wildman–Crippen LogP) is 1.40. The lowest BCUT2D eigenvalue weighted by Crippen LogP contribution is -2.48. The molecule has 2 fully saturated rings. The summed E-state index contributed by atoms with van der Waals surface area (Å²) in [7, 11) is 2.10. The average molecular weight is 306 g/mol. The van der Waals surface area contributed by atoms with Crippen molar-refractivity contribution in [1.82, 2.24) is 19.4 Å². The van der Waals surface area contributed by atoms with Crippen LogP contribution in [0.25, 0.3) is 0 Å². The van der Waals surface area contributed by atoms with Crippen molar-refractivity contribution in [3.63, 3.8) is 0 Å². The van der Waals surface area contributed by atoms with Gasteiger partial charge in [0.15, 0.2) is 0 Å². The van der Waals surface area contributed by atoms with Gasteiger partial charge in [0.25, 0.3) is 0 Å². The van der Waals surface area contributed by atoms with Crippen LogP contribution in [0.5, 0.6) is 0 Å². The highest BCUT2D eigenvalue weighted by Gasteiger charge is 2.28. The third kappa shape index (κ3) is 3.53. The summed E-state index contributed by atoms with van der Waals surface area (Å²) in [6.07, 6.45) is 6.98. The fourth-order valence-electron chi connectivity index (χ4n) is 3.95. The topological polar surface area (TPSA) is 44.5 Å². The minimum Gasteiger partial charge on any atom is -0.396 e. The summed E-state index contributed by atoms with van der Waals surface area (Å²) in [6, 6.07) is 0.721. The van der Waals surface area contributed by atoms with Gasteiger partial charge in [0.1, 0.15) is 5.82 Å². The number of likely N-dealkylation sites (tertiary alicyclic amines) is 2. The van der Waals surface area contributed by atoms with Crippen molar-refractivity contribution in [3.8, 4) is 0 Å². The molecule has 5 nitrogen and oxygen atoms in total. The first-order chi connectivity index (χ1) is 10.7. The maximum absolute atomic E-state index is 9.40. The molecule has 0 aromatic carbocycles. The lowest BCUT2D eigenvalue weighted by molar-refractivity contribution is 0.0522.